The Balaban J connectivity index is 2.00. The summed E-state index contributed by atoms with van der Waals surface area (Å²) >= 11 is 0. The molecule has 3 aromatic rings. The van der Waals surface area contributed by atoms with Gasteiger partial charge in [0.25, 0.3) is 0 Å². The lowest BCUT2D eigenvalue weighted by Crippen LogP contribution is -2.20. The van der Waals surface area contributed by atoms with Gasteiger partial charge in [-0.15, -0.1) is 0 Å². The van der Waals surface area contributed by atoms with Crippen molar-refractivity contribution in [2.75, 3.05) is 0 Å². The van der Waals surface area contributed by atoms with Crippen LogP contribution in [0.3, 0.4) is 0 Å². The van der Waals surface area contributed by atoms with Crippen LogP contribution in [0.25, 0.3) is 11.2 Å². The first-order valence-electron chi connectivity index (χ1n) is 5.78. The van der Waals surface area contributed by atoms with Crippen LogP contribution < -0.4 is 5.76 Å². The first kappa shape index (κ1) is 11.4. The molecule has 1 aromatic carbocycles. The smallest absolute Gasteiger partial charge is 0.406 e. The van der Waals surface area contributed by atoms with Crippen molar-refractivity contribution in [2.24, 2.45) is 0 Å². The highest BCUT2D eigenvalue weighted by Crippen LogP contribution is 2.10. The standard InChI is InChI=1S/C14H10N2O3/c17-11(10-5-2-1-3-6-10)9-16-13-12(19-14(16)18)7-4-8-15-13/h1-8H,9H2. The third kappa shape index (κ3) is 2.06. The monoisotopic (exact) mass is 254 g/mol. The van der Waals surface area contributed by atoms with Crippen LogP contribution in [0.5, 0.6) is 0 Å². The molecule has 94 valence electrons. The quantitative estimate of drug-likeness (QED) is 0.669. The number of ketones is 1. The van der Waals surface area contributed by atoms with Gasteiger partial charge in [-0.05, 0) is 12.1 Å². The average Bonchev–Trinajstić information content (AvgIpc) is 2.76. The van der Waals surface area contributed by atoms with E-state index in [1.807, 2.05) is 6.07 Å². The molecule has 0 amide bonds. The zero-order valence-electron chi connectivity index (χ0n) is 9.95. The zero-order valence-corrected chi connectivity index (χ0v) is 9.95. The number of pyridine rings is 1. The number of hydrogen-bond acceptors (Lipinski definition) is 4. The zero-order chi connectivity index (χ0) is 13.2. The Bertz CT molecular complexity index is 787. The second kappa shape index (κ2) is 4.53. The first-order chi connectivity index (χ1) is 9.25. The highest BCUT2D eigenvalue weighted by molar-refractivity contribution is 5.96. The maximum absolute atomic E-state index is 12.1. The molecule has 0 N–H and O–H groups in total. The molecule has 0 aliphatic rings. The summed E-state index contributed by atoms with van der Waals surface area (Å²) in [7, 11) is 0. The molecule has 0 saturated carbocycles. The van der Waals surface area contributed by atoms with Crippen molar-refractivity contribution in [3.63, 3.8) is 0 Å². The third-order valence-electron chi connectivity index (χ3n) is 2.82. The van der Waals surface area contributed by atoms with Gasteiger partial charge < -0.3 is 4.42 Å². The Hall–Kier alpha value is -2.69. The molecule has 0 fully saturated rings. The third-order valence-corrected chi connectivity index (χ3v) is 2.82. The van der Waals surface area contributed by atoms with E-state index in [9.17, 15) is 9.59 Å². The summed E-state index contributed by atoms with van der Waals surface area (Å²) in [6.07, 6.45) is 1.56. The molecule has 5 heteroatoms. The van der Waals surface area contributed by atoms with Crippen molar-refractivity contribution in [1.29, 1.82) is 0 Å². The summed E-state index contributed by atoms with van der Waals surface area (Å²) in [6, 6.07) is 12.1. The van der Waals surface area contributed by atoms with Crippen LogP contribution in [0.4, 0.5) is 0 Å². The number of benzene rings is 1. The summed E-state index contributed by atoms with van der Waals surface area (Å²) in [5, 5.41) is 0. The second-order valence-electron chi connectivity index (χ2n) is 4.07. The molecule has 0 spiro atoms. The van der Waals surface area contributed by atoms with Gasteiger partial charge in [0.15, 0.2) is 17.0 Å². The van der Waals surface area contributed by atoms with E-state index in [0.717, 1.165) is 0 Å². The predicted octanol–water partition coefficient (Wildman–Crippen LogP) is 1.87. The lowest BCUT2D eigenvalue weighted by molar-refractivity contribution is 0.0970. The molecule has 2 aromatic heterocycles. The van der Waals surface area contributed by atoms with E-state index in [4.69, 9.17) is 4.42 Å². The highest BCUT2D eigenvalue weighted by atomic mass is 16.4. The van der Waals surface area contributed by atoms with E-state index in [1.165, 1.54) is 4.57 Å². The topological polar surface area (TPSA) is 65.1 Å². The number of carbonyl (C=O) groups is 1. The van der Waals surface area contributed by atoms with Crippen LogP contribution in [0.2, 0.25) is 0 Å². The SMILES string of the molecule is O=C(Cn1c(=O)oc2cccnc21)c1ccccc1. The predicted molar refractivity (Wildman–Crippen MR) is 69.0 cm³/mol. The number of fused-ring (bicyclic) bond motifs is 1. The van der Waals surface area contributed by atoms with Gasteiger partial charge in [-0.3, -0.25) is 9.36 Å². The van der Waals surface area contributed by atoms with Gasteiger partial charge in [0.05, 0.1) is 6.54 Å². The molecule has 2 heterocycles. The fraction of sp³-hybridized carbons (Fsp3) is 0.0714. The van der Waals surface area contributed by atoms with E-state index in [-0.39, 0.29) is 12.3 Å². The largest absolute Gasteiger partial charge is 0.421 e. The van der Waals surface area contributed by atoms with Crippen molar-refractivity contribution >= 4 is 17.0 Å². The number of oxazole rings is 1. The normalized spacial score (nSPS) is 10.7. The summed E-state index contributed by atoms with van der Waals surface area (Å²) in [5.41, 5.74) is 1.32. The van der Waals surface area contributed by atoms with E-state index in [0.29, 0.717) is 16.8 Å². The molecule has 0 atom stereocenters. The van der Waals surface area contributed by atoms with Crippen molar-refractivity contribution in [3.05, 3.63) is 64.8 Å². The number of rotatable bonds is 3. The fourth-order valence-electron chi connectivity index (χ4n) is 1.90. The number of carbonyl (C=O) groups excluding carboxylic acids is 1. The molecule has 0 bridgehead atoms. The van der Waals surface area contributed by atoms with E-state index < -0.39 is 5.76 Å². The Labute approximate surface area is 108 Å². The average molecular weight is 254 g/mol. The Morgan fingerprint density at radius 3 is 2.74 bits per heavy atom. The Morgan fingerprint density at radius 2 is 1.95 bits per heavy atom. The van der Waals surface area contributed by atoms with Crippen molar-refractivity contribution < 1.29 is 9.21 Å². The highest BCUT2D eigenvalue weighted by Gasteiger charge is 2.14. The minimum Gasteiger partial charge on any atom is -0.406 e. The van der Waals surface area contributed by atoms with Gasteiger partial charge in [0.2, 0.25) is 0 Å². The molecule has 0 radical (unpaired) electrons. The van der Waals surface area contributed by atoms with Gasteiger partial charge in [0.1, 0.15) is 0 Å². The molecule has 19 heavy (non-hydrogen) atoms. The van der Waals surface area contributed by atoms with Crippen molar-refractivity contribution in [3.8, 4) is 0 Å². The van der Waals surface area contributed by atoms with Gasteiger partial charge in [-0.2, -0.15) is 0 Å². The summed E-state index contributed by atoms with van der Waals surface area (Å²) in [6.45, 7) is -0.0765. The van der Waals surface area contributed by atoms with Crippen LogP contribution in [0.15, 0.2) is 57.9 Å². The first-order valence-corrected chi connectivity index (χ1v) is 5.78. The van der Waals surface area contributed by atoms with E-state index >= 15 is 0 Å². The molecule has 0 saturated heterocycles. The van der Waals surface area contributed by atoms with Crippen molar-refractivity contribution in [1.82, 2.24) is 9.55 Å². The van der Waals surface area contributed by atoms with E-state index in [2.05, 4.69) is 4.98 Å². The summed E-state index contributed by atoms with van der Waals surface area (Å²) < 4.78 is 6.27. The Kier molecular flexibility index (Phi) is 2.72. The summed E-state index contributed by atoms with van der Waals surface area (Å²) in [5.74, 6) is -0.728. The fourth-order valence-corrected chi connectivity index (χ4v) is 1.90. The van der Waals surface area contributed by atoms with Gasteiger partial charge in [-0.25, -0.2) is 9.78 Å². The molecular formula is C14H10N2O3. The molecule has 3 rings (SSSR count). The molecule has 0 aliphatic carbocycles. The van der Waals surface area contributed by atoms with Gasteiger partial charge in [-0.1, -0.05) is 30.3 Å². The Morgan fingerprint density at radius 1 is 1.16 bits per heavy atom. The summed E-state index contributed by atoms with van der Waals surface area (Å²) in [4.78, 5) is 27.9. The van der Waals surface area contributed by atoms with Crippen LogP contribution in [0, 0.1) is 0 Å². The lowest BCUT2D eigenvalue weighted by atomic mass is 10.1. The number of nitrogens with zero attached hydrogens (tertiary/aromatic N) is 2. The minimum atomic E-state index is -0.571. The van der Waals surface area contributed by atoms with Crippen LogP contribution >= 0.6 is 0 Å². The number of aromatic nitrogens is 2. The molecule has 0 unspecified atom stereocenters. The van der Waals surface area contributed by atoms with Crippen LogP contribution in [-0.2, 0) is 6.54 Å². The van der Waals surface area contributed by atoms with Gasteiger partial charge >= 0.3 is 5.76 Å². The second-order valence-corrected chi connectivity index (χ2v) is 4.07. The number of hydrogen-bond donors (Lipinski definition) is 0. The van der Waals surface area contributed by atoms with Crippen LogP contribution in [0.1, 0.15) is 10.4 Å². The maximum Gasteiger partial charge on any atom is 0.421 e. The van der Waals surface area contributed by atoms with Crippen molar-refractivity contribution in [2.45, 2.75) is 6.54 Å². The lowest BCUT2D eigenvalue weighted by Gasteiger charge is -2.01. The molecular weight excluding hydrogens is 244 g/mol. The number of Topliss-reactive ketones (excluding diaryl/α,β-unsaturated/α-hetero) is 1. The van der Waals surface area contributed by atoms with Gasteiger partial charge in [0, 0.05) is 11.8 Å². The van der Waals surface area contributed by atoms with E-state index in [1.54, 1.807) is 42.6 Å². The molecule has 5 nitrogen and oxygen atoms in total. The maximum atomic E-state index is 12.1. The minimum absolute atomic E-state index is 0.0765. The molecule has 0 aliphatic heterocycles. The van der Waals surface area contributed by atoms with Crippen LogP contribution in [-0.4, -0.2) is 15.3 Å².